The molecule has 2 aliphatic heterocycles. The monoisotopic (exact) mass is 230 g/mol. The highest BCUT2D eigenvalue weighted by molar-refractivity contribution is 5.61. The lowest BCUT2D eigenvalue weighted by Gasteiger charge is -2.10. The molecule has 0 aliphatic carbocycles. The molecule has 0 spiro atoms. The van der Waals surface area contributed by atoms with Crippen LogP contribution in [0.1, 0.15) is 30.6 Å². The van der Waals surface area contributed by atoms with Crippen LogP contribution in [-0.2, 0) is 6.42 Å². The lowest BCUT2D eigenvalue weighted by atomic mass is 10.0. The summed E-state index contributed by atoms with van der Waals surface area (Å²) in [6.07, 6.45) is 3.40. The van der Waals surface area contributed by atoms with Gasteiger partial charge in [-0.25, -0.2) is 4.99 Å². The molecule has 88 valence electrons. The van der Waals surface area contributed by atoms with E-state index in [1.165, 1.54) is 11.9 Å². The molecule has 17 heavy (non-hydrogen) atoms. The van der Waals surface area contributed by atoms with E-state index in [4.69, 9.17) is 10.5 Å². The number of nitrogen functional groups attached to an aromatic ring is 1. The van der Waals surface area contributed by atoms with Crippen LogP contribution in [0, 0.1) is 0 Å². The Balaban J connectivity index is 1.98. The van der Waals surface area contributed by atoms with Crippen LogP contribution in [0.2, 0.25) is 0 Å². The molecule has 2 heterocycles. The van der Waals surface area contributed by atoms with E-state index in [0.717, 1.165) is 24.2 Å². The van der Waals surface area contributed by atoms with Gasteiger partial charge in [0.2, 0.25) is 0 Å². The van der Waals surface area contributed by atoms with E-state index >= 15 is 0 Å². The highest BCUT2D eigenvalue weighted by atomic mass is 16.5. The van der Waals surface area contributed by atoms with Gasteiger partial charge < -0.3 is 10.5 Å². The molecule has 5 nitrogen and oxygen atoms in total. The Morgan fingerprint density at radius 3 is 3.06 bits per heavy atom. The zero-order valence-electron chi connectivity index (χ0n) is 9.63. The van der Waals surface area contributed by atoms with Crippen LogP contribution >= 0.6 is 0 Å². The SMILES string of the molecule is CCC1Cc2cc(C3N=CN=N3)c(N)cc2O1. The van der Waals surface area contributed by atoms with Crippen LogP contribution < -0.4 is 10.5 Å². The first kappa shape index (κ1) is 10.3. The molecular weight excluding hydrogens is 216 g/mol. The Morgan fingerprint density at radius 1 is 1.47 bits per heavy atom. The fraction of sp³-hybridized carbons (Fsp3) is 0.417. The third-order valence-electron chi connectivity index (χ3n) is 3.18. The van der Waals surface area contributed by atoms with Crippen molar-refractivity contribution in [2.45, 2.75) is 32.0 Å². The highest BCUT2D eigenvalue weighted by Crippen LogP contribution is 2.37. The van der Waals surface area contributed by atoms with Gasteiger partial charge in [0.05, 0.1) is 0 Å². The lowest BCUT2D eigenvalue weighted by Crippen LogP contribution is -2.10. The summed E-state index contributed by atoms with van der Waals surface area (Å²) in [7, 11) is 0. The zero-order valence-corrected chi connectivity index (χ0v) is 9.63. The largest absolute Gasteiger partial charge is 0.490 e. The Bertz CT molecular complexity index is 497. The average molecular weight is 230 g/mol. The average Bonchev–Trinajstić information content (AvgIpc) is 2.95. The number of nitrogens with zero attached hydrogens (tertiary/aromatic N) is 3. The van der Waals surface area contributed by atoms with Gasteiger partial charge in [0.25, 0.3) is 0 Å². The van der Waals surface area contributed by atoms with Crippen LogP contribution in [0.25, 0.3) is 0 Å². The van der Waals surface area contributed by atoms with Crippen molar-refractivity contribution in [3.05, 3.63) is 23.3 Å². The van der Waals surface area contributed by atoms with Gasteiger partial charge in [-0.15, -0.1) is 5.11 Å². The summed E-state index contributed by atoms with van der Waals surface area (Å²) in [4.78, 5) is 4.15. The second kappa shape index (κ2) is 3.84. The molecule has 3 rings (SSSR count). The van der Waals surface area contributed by atoms with Crippen molar-refractivity contribution in [2.24, 2.45) is 15.2 Å². The van der Waals surface area contributed by atoms with Gasteiger partial charge in [-0.1, -0.05) is 6.92 Å². The summed E-state index contributed by atoms with van der Waals surface area (Å²) in [5.74, 6) is 0.900. The number of azo groups is 1. The lowest BCUT2D eigenvalue weighted by molar-refractivity contribution is 0.228. The minimum Gasteiger partial charge on any atom is -0.490 e. The van der Waals surface area contributed by atoms with Gasteiger partial charge in [-0.3, -0.25) is 0 Å². The smallest absolute Gasteiger partial charge is 0.189 e. The van der Waals surface area contributed by atoms with Gasteiger partial charge in [0.1, 0.15) is 18.2 Å². The summed E-state index contributed by atoms with van der Waals surface area (Å²) in [6, 6.07) is 3.93. The fourth-order valence-electron chi connectivity index (χ4n) is 2.20. The number of fused-ring (bicyclic) bond motifs is 1. The third kappa shape index (κ3) is 1.67. The molecule has 2 aliphatic rings. The Kier molecular flexibility index (Phi) is 2.31. The summed E-state index contributed by atoms with van der Waals surface area (Å²) < 4.78 is 5.78. The Morgan fingerprint density at radius 2 is 2.35 bits per heavy atom. The summed E-state index contributed by atoms with van der Waals surface area (Å²) in [5, 5.41) is 7.77. The molecule has 5 heteroatoms. The molecule has 1 aromatic carbocycles. The Labute approximate surface area is 99.4 Å². The van der Waals surface area contributed by atoms with Gasteiger partial charge in [-0.2, -0.15) is 5.11 Å². The number of rotatable bonds is 2. The second-order valence-corrected chi connectivity index (χ2v) is 4.31. The maximum Gasteiger partial charge on any atom is 0.189 e. The minimum atomic E-state index is -0.277. The summed E-state index contributed by atoms with van der Waals surface area (Å²) in [5.41, 5.74) is 8.79. The van der Waals surface area contributed by atoms with E-state index in [-0.39, 0.29) is 12.3 Å². The molecule has 2 unspecified atom stereocenters. The molecule has 1 aromatic rings. The van der Waals surface area contributed by atoms with Crippen molar-refractivity contribution in [2.75, 3.05) is 5.73 Å². The van der Waals surface area contributed by atoms with Gasteiger partial charge in [-0.05, 0) is 18.1 Å². The van der Waals surface area contributed by atoms with Crippen LogP contribution in [-0.4, -0.2) is 12.4 Å². The number of hydrogen-bond acceptors (Lipinski definition) is 5. The maximum atomic E-state index is 6.00. The predicted octanol–water partition coefficient (Wildman–Crippen LogP) is 2.47. The van der Waals surface area contributed by atoms with Gasteiger partial charge >= 0.3 is 0 Å². The second-order valence-electron chi connectivity index (χ2n) is 4.31. The molecule has 0 fully saturated rings. The quantitative estimate of drug-likeness (QED) is 0.792. The van der Waals surface area contributed by atoms with Crippen LogP contribution in [0.15, 0.2) is 27.4 Å². The number of benzene rings is 1. The topological polar surface area (TPSA) is 72.3 Å². The van der Waals surface area contributed by atoms with Crippen LogP contribution in [0.5, 0.6) is 5.75 Å². The normalized spacial score (nSPS) is 25.0. The van der Waals surface area contributed by atoms with E-state index in [0.29, 0.717) is 5.69 Å². The number of ether oxygens (including phenoxy) is 1. The number of hydrogen-bond donors (Lipinski definition) is 1. The predicted molar refractivity (Wildman–Crippen MR) is 65.4 cm³/mol. The maximum absolute atomic E-state index is 6.00. The number of anilines is 1. The van der Waals surface area contributed by atoms with E-state index in [1.807, 2.05) is 12.1 Å². The molecule has 0 aromatic heterocycles. The highest BCUT2D eigenvalue weighted by Gasteiger charge is 2.25. The van der Waals surface area contributed by atoms with Crippen molar-refractivity contribution >= 4 is 12.0 Å². The van der Waals surface area contributed by atoms with E-state index in [9.17, 15) is 0 Å². The standard InChI is InChI=1S/C12H14N4O/c1-2-8-3-7-4-9(12-14-6-15-16-12)10(13)5-11(7)17-8/h4-6,8,12H,2-3,13H2,1H3. The van der Waals surface area contributed by atoms with Crippen LogP contribution in [0.3, 0.4) is 0 Å². The molecule has 2 atom stereocenters. The molecule has 0 saturated heterocycles. The van der Waals surface area contributed by atoms with Gasteiger partial charge in [0, 0.05) is 23.7 Å². The zero-order chi connectivity index (χ0) is 11.8. The molecule has 0 saturated carbocycles. The molecule has 0 bridgehead atoms. The van der Waals surface area contributed by atoms with Crippen molar-refractivity contribution < 1.29 is 4.74 Å². The number of aliphatic imine (C=N–C) groups is 1. The van der Waals surface area contributed by atoms with Crippen molar-refractivity contribution in [1.29, 1.82) is 0 Å². The third-order valence-corrected chi connectivity index (χ3v) is 3.18. The van der Waals surface area contributed by atoms with Crippen molar-refractivity contribution in [3.63, 3.8) is 0 Å². The number of nitrogens with two attached hydrogens (primary N) is 1. The Hall–Kier alpha value is -1.91. The summed E-state index contributed by atoms with van der Waals surface area (Å²) >= 11 is 0. The van der Waals surface area contributed by atoms with E-state index in [2.05, 4.69) is 22.1 Å². The first-order valence-corrected chi connectivity index (χ1v) is 5.78. The minimum absolute atomic E-state index is 0.272. The fourth-order valence-corrected chi connectivity index (χ4v) is 2.20. The van der Waals surface area contributed by atoms with E-state index in [1.54, 1.807) is 0 Å². The summed E-state index contributed by atoms with van der Waals surface area (Å²) in [6.45, 7) is 2.12. The molecular formula is C12H14N4O. The first-order chi connectivity index (χ1) is 8.28. The molecule has 0 amide bonds. The molecule has 2 N–H and O–H groups in total. The van der Waals surface area contributed by atoms with E-state index < -0.39 is 0 Å². The van der Waals surface area contributed by atoms with Crippen molar-refractivity contribution in [1.82, 2.24) is 0 Å². The van der Waals surface area contributed by atoms with Gasteiger partial charge in [0.15, 0.2) is 6.17 Å². The van der Waals surface area contributed by atoms with Crippen LogP contribution in [0.4, 0.5) is 5.69 Å². The van der Waals surface area contributed by atoms with Crippen molar-refractivity contribution in [3.8, 4) is 5.75 Å². The first-order valence-electron chi connectivity index (χ1n) is 5.78. The molecule has 0 radical (unpaired) electrons.